The fourth-order valence-electron chi connectivity index (χ4n) is 3.55. The highest BCUT2D eigenvalue weighted by molar-refractivity contribution is 5.96. The van der Waals surface area contributed by atoms with Crippen LogP contribution in [-0.2, 0) is 7.05 Å². The van der Waals surface area contributed by atoms with Crippen LogP contribution in [0.4, 0.5) is 0 Å². The first-order valence-electron chi connectivity index (χ1n) is 8.81. The Morgan fingerprint density at radius 2 is 1.54 bits per heavy atom. The summed E-state index contributed by atoms with van der Waals surface area (Å²) in [6.45, 7) is 13.4. The number of hydrogen-bond donors (Lipinski definition) is 0. The van der Waals surface area contributed by atoms with Crippen molar-refractivity contribution in [3.8, 4) is 11.3 Å². The largest absolute Gasteiger partial charge is 0.220 e. The lowest BCUT2D eigenvalue weighted by molar-refractivity contribution is -0.665. The lowest BCUT2D eigenvalue weighted by Crippen LogP contribution is -2.36. The fourth-order valence-corrected chi connectivity index (χ4v) is 3.55. The molecule has 0 fully saturated rings. The van der Waals surface area contributed by atoms with Crippen molar-refractivity contribution in [1.29, 1.82) is 0 Å². The van der Waals surface area contributed by atoms with Gasteiger partial charge in [-0.1, -0.05) is 43.7 Å². The van der Waals surface area contributed by atoms with Crippen molar-refractivity contribution in [2.75, 3.05) is 0 Å². The lowest BCUT2D eigenvalue weighted by atomic mass is 9.92. The molecule has 0 N–H and O–H groups in total. The Balaban J connectivity index is 2.45. The van der Waals surface area contributed by atoms with Gasteiger partial charge < -0.3 is 0 Å². The third-order valence-corrected chi connectivity index (χ3v) is 5.40. The molecule has 1 nitrogen and oxygen atoms in total. The Hall–Kier alpha value is -2.15. The minimum Gasteiger partial charge on any atom is -0.198 e. The second-order valence-electron chi connectivity index (χ2n) is 7.40. The maximum Gasteiger partial charge on any atom is 0.220 e. The second-order valence-corrected chi connectivity index (χ2v) is 7.40. The van der Waals surface area contributed by atoms with Crippen LogP contribution in [0.5, 0.6) is 0 Å². The number of rotatable bonds is 2. The van der Waals surface area contributed by atoms with Gasteiger partial charge in [0, 0.05) is 18.1 Å². The van der Waals surface area contributed by atoms with Crippen molar-refractivity contribution in [3.05, 3.63) is 64.3 Å². The van der Waals surface area contributed by atoms with E-state index in [-0.39, 0.29) is 0 Å². The molecule has 0 amide bonds. The predicted molar refractivity (Wildman–Crippen MR) is 104 cm³/mol. The van der Waals surface area contributed by atoms with E-state index in [0.29, 0.717) is 5.92 Å². The molecule has 0 aliphatic rings. The Morgan fingerprint density at radius 3 is 2.21 bits per heavy atom. The lowest BCUT2D eigenvalue weighted by Gasteiger charge is -2.15. The first-order chi connectivity index (χ1) is 11.3. The average molecular weight is 318 g/mol. The Kier molecular flexibility index (Phi) is 4.21. The first kappa shape index (κ1) is 16.7. The van der Waals surface area contributed by atoms with Gasteiger partial charge in [0.1, 0.15) is 7.05 Å². The molecular formula is C23H28N+. The van der Waals surface area contributed by atoms with E-state index in [1.54, 1.807) is 0 Å². The van der Waals surface area contributed by atoms with E-state index < -0.39 is 0 Å². The van der Waals surface area contributed by atoms with Crippen LogP contribution in [0.25, 0.3) is 22.0 Å². The van der Waals surface area contributed by atoms with Crippen molar-refractivity contribution in [2.45, 2.75) is 47.5 Å². The topological polar surface area (TPSA) is 3.88 Å². The Morgan fingerprint density at radius 1 is 0.833 bits per heavy atom. The molecule has 124 valence electrons. The highest BCUT2D eigenvalue weighted by atomic mass is 14.9. The van der Waals surface area contributed by atoms with E-state index in [4.69, 9.17) is 0 Å². The quantitative estimate of drug-likeness (QED) is 0.535. The van der Waals surface area contributed by atoms with Crippen molar-refractivity contribution >= 4 is 10.8 Å². The zero-order valence-corrected chi connectivity index (χ0v) is 16.0. The van der Waals surface area contributed by atoms with Crippen molar-refractivity contribution in [3.63, 3.8) is 0 Å². The molecule has 1 heteroatoms. The number of hydrogen-bond acceptors (Lipinski definition) is 0. The molecule has 0 bridgehead atoms. The van der Waals surface area contributed by atoms with E-state index in [2.05, 4.69) is 89.6 Å². The van der Waals surface area contributed by atoms with Crippen LogP contribution in [0.1, 0.15) is 47.7 Å². The van der Waals surface area contributed by atoms with E-state index in [0.717, 1.165) is 0 Å². The van der Waals surface area contributed by atoms with E-state index in [1.165, 1.54) is 50.0 Å². The molecule has 0 saturated carbocycles. The number of fused-ring (bicyclic) bond motifs is 1. The molecule has 1 aromatic heterocycles. The summed E-state index contributed by atoms with van der Waals surface area (Å²) in [5.74, 6) is 0.548. The molecule has 24 heavy (non-hydrogen) atoms. The zero-order valence-electron chi connectivity index (χ0n) is 16.0. The van der Waals surface area contributed by atoms with Gasteiger partial charge in [-0.15, -0.1) is 0 Å². The molecule has 1 heterocycles. The number of aromatic nitrogens is 1. The summed E-state index contributed by atoms with van der Waals surface area (Å²) in [5.41, 5.74) is 9.41. The summed E-state index contributed by atoms with van der Waals surface area (Å²) in [5, 5.41) is 2.73. The number of pyridine rings is 1. The summed E-state index contributed by atoms with van der Waals surface area (Å²) < 4.78 is 2.36. The molecule has 0 saturated heterocycles. The van der Waals surface area contributed by atoms with Crippen LogP contribution in [0, 0.1) is 27.7 Å². The van der Waals surface area contributed by atoms with Gasteiger partial charge >= 0.3 is 0 Å². The first-order valence-corrected chi connectivity index (χ1v) is 8.81. The Labute approximate surface area is 146 Å². The molecule has 0 unspecified atom stereocenters. The van der Waals surface area contributed by atoms with Gasteiger partial charge in [0.05, 0.1) is 5.39 Å². The summed E-state index contributed by atoms with van der Waals surface area (Å²) in [7, 11) is 2.19. The molecular weight excluding hydrogens is 290 g/mol. The van der Waals surface area contributed by atoms with Crippen LogP contribution < -0.4 is 4.57 Å². The van der Waals surface area contributed by atoms with Gasteiger partial charge in [-0.25, -0.2) is 0 Å². The smallest absolute Gasteiger partial charge is 0.198 e. The van der Waals surface area contributed by atoms with Crippen LogP contribution >= 0.6 is 0 Å². The van der Waals surface area contributed by atoms with Crippen molar-refractivity contribution < 1.29 is 4.57 Å². The molecule has 3 aromatic rings. The minimum atomic E-state index is 0.548. The molecule has 0 radical (unpaired) electrons. The van der Waals surface area contributed by atoms with Crippen molar-refractivity contribution in [1.82, 2.24) is 0 Å². The van der Waals surface area contributed by atoms with Crippen LogP contribution in [0.15, 0.2) is 36.4 Å². The van der Waals surface area contributed by atoms with Gasteiger partial charge in [0.2, 0.25) is 5.69 Å². The Bertz CT molecular complexity index is 933. The maximum atomic E-state index is 2.39. The van der Waals surface area contributed by atoms with Gasteiger partial charge in [0.25, 0.3) is 0 Å². The fraction of sp³-hybridized carbons (Fsp3) is 0.348. The molecule has 0 aliphatic carbocycles. The minimum absolute atomic E-state index is 0.548. The van der Waals surface area contributed by atoms with Crippen LogP contribution in [0.2, 0.25) is 0 Å². The molecule has 2 aromatic carbocycles. The van der Waals surface area contributed by atoms with E-state index in [1.807, 2.05) is 0 Å². The summed E-state index contributed by atoms with van der Waals surface area (Å²) in [6, 6.07) is 13.7. The van der Waals surface area contributed by atoms with Gasteiger partial charge in [-0.3, -0.25) is 0 Å². The molecule has 3 rings (SSSR count). The molecule has 0 spiro atoms. The van der Waals surface area contributed by atoms with Crippen molar-refractivity contribution in [2.24, 2.45) is 7.05 Å². The predicted octanol–water partition coefficient (Wildman–Crippen LogP) is 5.69. The molecule has 0 atom stereocenters. The van der Waals surface area contributed by atoms with Crippen LogP contribution in [-0.4, -0.2) is 0 Å². The normalized spacial score (nSPS) is 11.5. The highest BCUT2D eigenvalue weighted by Gasteiger charge is 2.22. The second kappa shape index (κ2) is 6.05. The van der Waals surface area contributed by atoms with Gasteiger partial charge in [-0.2, -0.15) is 4.57 Å². The summed E-state index contributed by atoms with van der Waals surface area (Å²) >= 11 is 0. The third kappa shape index (κ3) is 2.62. The average Bonchev–Trinajstić information content (AvgIpc) is 2.55. The number of aryl methyl sites for hydroxylation is 3. The van der Waals surface area contributed by atoms with E-state index >= 15 is 0 Å². The molecule has 0 aliphatic heterocycles. The highest BCUT2D eigenvalue weighted by Crippen LogP contribution is 2.33. The number of benzene rings is 2. The monoisotopic (exact) mass is 318 g/mol. The summed E-state index contributed by atoms with van der Waals surface area (Å²) in [4.78, 5) is 0. The number of nitrogens with zero attached hydrogens (tertiary/aromatic N) is 1. The SMILES string of the molecule is Cc1ccc(C)c(-c2c3ccc(C(C)C)cc3c(C)c(C)[n+]2C)c1. The maximum absolute atomic E-state index is 2.39. The van der Waals surface area contributed by atoms with E-state index in [9.17, 15) is 0 Å². The summed E-state index contributed by atoms with van der Waals surface area (Å²) in [6.07, 6.45) is 0. The van der Waals surface area contributed by atoms with Gasteiger partial charge in [-0.05, 0) is 55.3 Å². The van der Waals surface area contributed by atoms with Gasteiger partial charge in [0.15, 0.2) is 5.69 Å². The van der Waals surface area contributed by atoms with Crippen LogP contribution in [0.3, 0.4) is 0 Å². The zero-order chi connectivity index (χ0) is 17.6. The standard InChI is InChI=1S/C23H28N/c1-14(2)19-10-11-20-22(13-19)17(5)18(6)24(7)23(20)21-12-15(3)8-9-16(21)4/h8-14H,1-7H3/q+1. The third-order valence-electron chi connectivity index (χ3n) is 5.40.